The quantitative estimate of drug-likeness (QED) is 0.684. The third-order valence-electron chi connectivity index (χ3n) is 5.62. The van der Waals surface area contributed by atoms with Gasteiger partial charge in [-0.2, -0.15) is 0 Å². The first-order valence-corrected chi connectivity index (χ1v) is 10.2. The second kappa shape index (κ2) is 8.89. The van der Waals surface area contributed by atoms with Crippen LogP contribution in [0.2, 0.25) is 0 Å². The van der Waals surface area contributed by atoms with E-state index in [0.29, 0.717) is 6.42 Å². The SMILES string of the molecule is O=C(CCc1c[nH]c2ccccc12)N1CC[NH+](C/C=C/c2ccccc2)CC1. The maximum atomic E-state index is 12.6. The van der Waals surface area contributed by atoms with Gasteiger partial charge in [0.1, 0.15) is 0 Å². The summed E-state index contributed by atoms with van der Waals surface area (Å²) in [6, 6.07) is 18.7. The number of aromatic nitrogens is 1. The van der Waals surface area contributed by atoms with Crippen LogP contribution in [-0.4, -0.2) is 48.5 Å². The Hall–Kier alpha value is -2.85. The number of amides is 1. The molecule has 2 N–H and O–H groups in total. The molecule has 28 heavy (non-hydrogen) atoms. The molecule has 0 aliphatic carbocycles. The Balaban J connectivity index is 1.22. The van der Waals surface area contributed by atoms with Gasteiger partial charge in [0.05, 0.1) is 32.7 Å². The number of nitrogens with one attached hydrogen (secondary N) is 2. The molecule has 1 aliphatic rings. The molecule has 1 amide bonds. The maximum Gasteiger partial charge on any atom is 0.223 e. The van der Waals surface area contributed by atoms with Gasteiger partial charge in [-0.15, -0.1) is 0 Å². The van der Waals surface area contributed by atoms with Gasteiger partial charge in [-0.25, -0.2) is 0 Å². The van der Waals surface area contributed by atoms with E-state index in [2.05, 4.69) is 59.6 Å². The van der Waals surface area contributed by atoms with Crippen LogP contribution < -0.4 is 4.90 Å². The molecular weight excluding hydrogens is 346 g/mol. The van der Waals surface area contributed by atoms with Gasteiger partial charge in [0.2, 0.25) is 5.91 Å². The average molecular weight is 375 g/mol. The molecule has 3 aromatic rings. The Morgan fingerprint density at radius 2 is 1.79 bits per heavy atom. The normalized spacial score (nSPS) is 15.5. The molecule has 0 saturated carbocycles. The number of piperazine rings is 1. The van der Waals surface area contributed by atoms with E-state index in [4.69, 9.17) is 0 Å². The van der Waals surface area contributed by atoms with Crippen molar-refractivity contribution in [2.24, 2.45) is 0 Å². The third kappa shape index (κ3) is 4.52. The molecule has 4 heteroatoms. The first-order valence-electron chi connectivity index (χ1n) is 10.2. The largest absolute Gasteiger partial charge is 0.361 e. The lowest BCUT2D eigenvalue weighted by Gasteiger charge is -2.31. The van der Waals surface area contributed by atoms with Crippen molar-refractivity contribution in [3.05, 3.63) is 78.0 Å². The number of carbonyl (C=O) groups excluding carboxylic acids is 1. The van der Waals surface area contributed by atoms with Crippen LogP contribution in [-0.2, 0) is 11.2 Å². The van der Waals surface area contributed by atoms with Crippen LogP contribution in [0.25, 0.3) is 17.0 Å². The van der Waals surface area contributed by atoms with Crippen LogP contribution >= 0.6 is 0 Å². The molecule has 2 heterocycles. The van der Waals surface area contributed by atoms with E-state index in [-0.39, 0.29) is 5.91 Å². The fourth-order valence-corrected chi connectivity index (χ4v) is 3.94. The van der Waals surface area contributed by atoms with Crippen molar-refractivity contribution < 1.29 is 9.69 Å². The van der Waals surface area contributed by atoms with Crippen LogP contribution in [0.5, 0.6) is 0 Å². The van der Waals surface area contributed by atoms with Gasteiger partial charge in [-0.3, -0.25) is 4.79 Å². The maximum absolute atomic E-state index is 12.6. The number of aryl methyl sites for hydroxylation is 1. The van der Waals surface area contributed by atoms with Gasteiger partial charge in [0, 0.05) is 23.5 Å². The lowest BCUT2D eigenvalue weighted by atomic mass is 10.1. The zero-order valence-electron chi connectivity index (χ0n) is 16.2. The summed E-state index contributed by atoms with van der Waals surface area (Å²) >= 11 is 0. The highest BCUT2D eigenvalue weighted by Crippen LogP contribution is 2.19. The number of para-hydroxylation sites is 1. The molecule has 2 aromatic carbocycles. The smallest absolute Gasteiger partial charge is 0.223 e. The molecule has 4 rings (SSSR count). The number of benzene rings is 2. The monoisotopic (exact) mass is 374 g/mol. The van der Waals surface area contributed by atoms with E-state index in [0.717, 1.165) is 44.7 Å². The summed E-state index contributed by atoms with van der Waals surface area (Å²) in [5.74, 6) is 0.282. The molecule has 0 bridgehead atoms. The Bertz CT molecular complexity index is 937. The van der Waals surface area contributed by atoms with E-state index in [1.165, 1.54) is 16.5 Å². The molecule has 4 nitrogen and oxygen atoms in total. The first-order chi connectivity index (χ1) is 13.8. The summed E-state index contributed by atoms with van der Waals surface area (Å²) in [7, 11) is 0. The van der Waals surface area contributed by atoms with Crippen LogP contribution in [0.4, 0.5) is 0 Å². The first kappa shape index (κ1) is 18.5. The number of hydrogen-bond donors (Lipinski definition) is 2. The number of nitrogens with zero attached hydrogens (tertiary/aromatic N) is 1. The van der Waals surface area contributed by atoms with Crippen molar-refractivity contribution >= 4 is 22.9 Å². The summed E-state index contributed by atoms with van der Waals surface area (Å²) in [6.07, 6.45) is 7.87. The summed E-state index contributed by atoms with van der Waals surface area (Å²) in [4.78, 5) is 19.5. The molecule has 0 atom stereocenters. The van der Waals surface area contributed by atoms with Gasteiger partial charge in [0.15, 0.2) is 0 Å². The van der Waals surface area contributed by atoms with E-state index in [9.17, 15) is 4.79 Å². The van der Waals surface area contributed by atoms with Crippen LogP contribution in [0.3, 0.4) is 0 Å². The number of H-pyrrole nitrogens is 1. The second-order valence-electron chi connectivity index (χ2n) is 7.51. The molecule has 0 spiro atoms. The Labute approximate surface area is 166 Å². The van der Waals surface area contributed by atoms with Crippen LogP contribution in [0, 0.1) is 0 Å². The lowest BCUT2D eigenvalue weighted by molar-refractivity contribution is -0.898. The molecule has 144 valence electrons. The summed E-state index contributed by atoms with van der Waals surface area (Å²) in [6.45, 7) is 4.80. The minimum atomic E-state index is 0.282. The molecule has 0 unspecified atom stereocenters. The topological polar surface area (TPSA) is 40.5 Å². The molecular formula is C24H28N3O+. The van der Waals surface area contributed by atoms with Crippen molar-refractivity contribution in [1.82, 2.24) is 9.88 Å². The average Bonchev–Trinajstić information content (AvgIpc) is 3.16. The lowest BCUT2D eigenvalue weighted by Crippen LogP contribution is -3.14. The Morgan fingerprint density at radius 3 is 2.61 bits per heavy atom. The fraction of sp³-hybridized carbons (Fsp3) is 0.292. The molecule has 1 aromatic heterocycles. The van der Waals surface area contributed by atoms with Gasteiger partial charge in [-0.05, 0) is 29.7 Å². The van der Waals surface area contributed by atoms with Crippen molar-refractivity contribution in [2.45, 2.75) is 12.8 Å². The van der Waals surface area contributed by atoms with Crippen LogP contribution in [0.15, 0.2) is 66.9 Å². The fourth-order valence-electron chi connectivity index (χ4n) is 3.94. The van der Waals surface area contributed by atoms with Crippen molar-refractivity contribution in [3.8, 4) is 0 Å². The molecule has 1 saturated heterocycles. The van der Waals surface area contributed by atoms with Crippen molar-refractivity contribution in [3.63, 3.8) is 0 Å². The van der Waals surface area contributed by atoms with E-state index >= 15 is 0 Å². The minimum absolute atomic E-state index is 0.282. The summed E-state index contributed by atoms with van der Waals surface area (Å²) in [5, 5.41) is 1.23. The predicted molar refractivity (Wildman–Crippen MR) is 114 cm³/mol. The standard InChI is InChI=1S/C24H27N3O/c28-24(13-12-21-19-25-23-11-5-4-10-22(21)23)27-17-15-26(16-18-27)14-6-9-20-7-2-1-3-8-20/h1-11,19,25H,12-18H2/p+1/b9-6+. The second-order valence-corrected chi connectivity index (χ2v) is 7.51. The van der Waals surface area contributed by atoms with Crippen LogP contribution in [0.1, 0.15) is 17.5 Å². The highest BCUT2D eigenvalue weighted by Gasteiger charge is 2.22. The number of carbonyl (C=O) groups is 1. The number of fused-ring (bicyclic) bond motifs is 1. The van der Waals surface area contributed by atoms with Gasteiger partial charge in [-0.1, -0.05) is 54.6 Å². The van der Waals surface area contributed by atoms with Crippen molar-refractivity contribution in [2.75, 3.05) is 32.7 Å². The minimum Gasteiger partial charge on any atom is -0.361 e. The number of aromatic amines is 1. The molecule has 1 aliphatic heterocycles. The number of rotatable bonds is 6. The Kier molecular flexibility index (Phi) is 5.88. The van der Waals surface area contributed by atoms with Gasteiger partial charge < -0.3 is 14.8 Å². The van der Waals surface area contributed by atoms with E-state index in [1.807, 2.05) is 23.2 Å². The predicted octanol–water partition coefficient (Wildman–Crippen LogP) is 2.54. The van der Waals surface area contributed by atoms with E-state index < -0.39 is 0 Å². The zero-order chi connectivity index (χ0) is 19.2. The third-order valence-corrected chi connectivity index (χ3v) is 5.62. The summed E-state index contributed by atoms with van der Waals surface area (Å²) in [5.41, 5.74) is 3.62. The zero-order valence-corrected chi connectivity index (χ0v) is 16.2. The number of quaternary nitrogens is 1. The van der Waals surface area contributed by atoms with Gasteiger partial charge in [0.25, 0.3) is 0 Å². The highest BCUT2D eigenvalue weighted by molar-refractivity contribution is 5.84. The molecule has 1 fully saturated rings. The van der Waals surface area contributed by atoms with Gasteiger partial charge >= 0.3 is 0 Å². The summed E-state index contributed by atoms with van der Waals surface area (Å²) < 4.78 is 0. The highest BCUT2D eigenvalue weighted by atomic mass is 16.2. The molecule has 0 radical (unpaired) electrons. The Morgan fingerprint density at radius 1 is 1.04 bits per heavy atom. The number of hydrogen-bond acceptors (Lipinski definition) is 1. The van der Waals surface area contributed by atoms with Crippen molar-refractivity contribution in [1.29, 1.82) is 0 Å². The van der Waals surface area contributed by atoms with E-state index in [1.54, 1.807) is 4.90 Å².